The molecule has 0 saturated heterocycles. The summed E-state index contributed by atoms with van der Waals surface area (Å²) in [6.45, 7) is 1.92. The highest BCUT2D eigenvalue weighted by atomic mass is 32.1. The molecule has 20 heavy (non-hydrogen) atoms. The zero-order chi connectivity index (χ0) is 14.7. The van der Waals surface area contributed by atoms with Crippen molar-refractivity contribution in [1.82, 2.24) is 4.98 Å². The van der Waals surface area contributed by atoms with Crippen LogP contribution >= 0.6 is 24.0 Å². The molecular formula is C14H12F2N2S2. The number of nitrogens with two attached hydrogens (primary N) is 1. The van der Waals surface area contributed by atoms with Gasteiger partial charge in [-0.05, 0) is 43.3 Å². The third kappa shape index (κ3) is 3.68. The van der Waals surface area contributed by atoms with Crippen LogP contribution in [0.15, 0.2) is 41.3 Å². The molecule has 0 radical (unpaired) electrons. The molecule has 2 aromatic carbocycles. The van der Waals surface area contributed by atoms with Crippen LogP contribution in [0.5, 0.6) is 0 Å². The van der Waals surface area contributed by atoms with Crippen molar-refractivity contribution in [1.29, 1.82) is 0 Å². The van der Waals surface area contributed by atoms with E-state index in [1.165, 1.54) is 41.7 Å². The summed E-state index contributed by atoms with van der Waals surface area (Å²) < 4.78 is 25.8. The van der Waals surface area contributed by atoms with Crippen molar-refractivity contribution in [3.05, 3.63) is 53.0 Å². The first kappa shape index (κ1) is 14.7. The average Bonchev–Trinajstić information content (AvgIpc) is 2.74. The fourth-order valence-corrected chi connectivity index (χ4v) is 2.58. The third-order valence-corrected chi connectivity index (χ3v) is 3.77. The maximum atomic E-state index is 12.6. The van der Waals surface area contributed by atoms with Crippen molar-refractivity contribution in [3.8, 4) is 0 Å². The van der Waals surface area contributed by atoms with Crippen molar-refractivity contribution in [2.24, 2.45) is 0 Å². The number of aromatic nitrogens is 1. The summed E-state index contributed by atoms with van der Waals surface area (Å²) in [6, 6.07) is 8.71. The Kier molecular flexibility index (Phi) is 4.57. The molecule has 3 aromatic rings. The van der Waals surface area contributed by atoms with Crippen molar-refractivity contribution in [3.63, 3.8) is 0 Å². The number of hydrogen-bond acceptors (Lipinski definition) is 4. The molecule has 3 rings (SSSR count). The third-order valence-electron chi connectivity index (χ3n) is 2.45. The number of nitrogen functional groups attached to an aromatic ring is 1. The van der Waals surface area contributed by atoms with Gasteiger partial charge in [-0.3, -0.25) is 0 Å². The Morgan fingerprint density at radius 3 is 2.40 bits per heavy atom. The van der Waals surface area contributed by atoms with Gasteiger partial charge < -0.3 is 5.73 Å². The van der Waals surface area contributed by atoms with E-state index in [9.17, 15) is 8.78 Å². The number of fused-ring (bicyclic) bond motifs is 1. The molecule has 0 unspecified atom stereocenters. The summed E-state index contributed by atoms with van der Waals surface area (Å²) in [5.74, 6) is -0.504. The van der Waals surface area contributed by atoms with Gasteiger partial charge in [0.15, 0.2) is 0 Å². The van der Waals surface area contributed by atoms with Crippen LogP contribution in [0.1, 0.15) is 5.01 Å². The molecule has 0 bridgehead atoms. The van der Waals surface area contributed by atoms with Crippen LogP contribution in [-0.4, -0.2) is 4.98 Å². The molecule has 2 N–H and O–H groups in total. The summed E-state index contributed by atoms with van der Waals surface area (Å²) >= 11 is 5.42. The predicted molar refractivity (Wildman–Crippen MR) is 82.4 cm³/mol. The van der Waals surface area contributed by atoms with Gasteiger partial charge in [0.2, 0.25) is 0 Å². The molecule has 6 heteroatoms. The number of halogens is 2. The number of hydrogen-bond donors (Lipinski definition) is 2. The highest BCUT2D eigenvalue weighted by Crippen LogP contribution is 2.21. The van der Waals surface area contributed by atoms with E-state index in [4.69, 9.17) is 5.73 Å². The van der Waals surface area contributed by atoms with Crippen molar-refractivity contribution in [2.45, 2.75) is 11.8 Å². The van der Waals surface area contributed by atoms with E-state index in [1.54, 1.807) is 6.07 Å². The Labute approximate surface area is 124 Å². The minimum Gasteiger partial charge on any atom is -0.398 e. The summed E-state index contributed by atoms with van der Waals surface area (Å²) in [5.41, 5.74) is 6.73. The minimum atomic E-state index is -0.311. The molecule has 1 aromatic heterocycles. The lowest BCUT2D eigenvalue weighted by Crippen LogP contribution is -1.86. The van der Waals surface area contributed by atoms with E-state index in [2.05, 4.69) is 17.6 Å². The van der Waals surface area contributed by atoms with Crippen LogP contribution in [0, 0.1) is 18.6 Å². The molecule has 104 valence electrons. The minimum absolute atomic E-state index is 0.193. The van der Waals surface area contributed by atoms with E-state index in [-0.39, 0.29) is 11.6 Å². The highest BCUT2D eigenvalue weighted by molar-refractivity contribution is 7.80. The highest BCUT2D eigenvalue weighted by Gasteiger charge is 1.99. The fourth-order valence-electron chi connectivity index (χ4n) is 1.53. The van der Waals surface area contributed by atoms with E-state index in [1.807, 2.05) is 6.92 Å². The fraction of sp³-hybridized carbons (Fsp3) is 0.0714. The monoisotopic (exact) mass is 310 g/mol. The van der Waals surface area contributed by atoms with Gasteiger partial charge in [-0.1, -0.05) is 0 Å². The standard InChI is InChI=1S/C8H6FNS.C6H6FNS/c1-5-10-7-3-2-6(9)4-8(7)11-5;7-4-1-2-5(8)6(9)3-4/h2-4H,1H3;1-3,9H,8H2. The first-order valence-corrected chi connectivity index (χ1v) is 6.99. The number of rotatable bonds is 0. The topological polar surface area (TPSA) is 38.9 Å². The average molecular weight is 310 g/mol. The van der Waals surface area contributed by atoms with Crippen LogP contribution < -0.4 is 5.73 Å². The first-order valence-electron chi connectivity index (χ1n) is 5.72. The van der Waals surface area contributed by atoms with E-state index < -0.39 is 0 Å². The Morgan fingerprint density at radius 2 is 1.75 bits per heavy atom. The lowest BCUT2D eigenvalue weighted by molar-refractivity contribution is 0.624. The SMILES string of the molecule is Cc1nc2ccc(F)cc2s1.Nc1ccc(F)cc1S. The van der Waals surface area contributed by atoms with E-state index in [0.717, 1.165) is 15.2 Å². The van der Waals surface area contributed by atoms with Crippen molar-refractivity contribution >= 4 is 39.9 Å². The van der Waals surface area contributed by atoms with Gasteiger partial charge in [-0.15, -0.1) is 24.0 Å². The Morgan fingerprint density at radius 1 is 1.10 bits per heavy atom. The lowest BCUT2D eigenvalue weighted by Gasteiger charge is -1.95. The molecule has 0 fully saturated rings. The Balaban J connectivity index is 0.000000151. The van der Waals surface area contributed by atoms with Crippen LogP contribution in [0.25, 0.3) is 10.2 Å². The lowest BCUT2D eigenvalue weighted by atomic mass is 10.3. The molecule has 0 spiro atoms. The number of anilines is 1. The van der Waals surface area contributed by atoms with Gasteiger partial charge in [0.05, 0.1) is 15.2 Å². The van der Waals surface area contributed by atoms with Crippen molar-refractivity contribution < 1.29 is 8.78 Å². The summed E-state index contributed by atoms with van der Waals surface area (Å²) in [5, 5.41) is 0.977. The summed E-state index contributed by atoms with van der Waals surface area (Å²) in [4.78, 5) is 4.69. The van der Waals surface area contributed by atoms with Gasteiger partial charge >= 0.3 is 0 Å². The smallest absolute Gasteiger partial charge is 0.124 e. The van der Waals surface area contributed by atoms with E-state index in [0.29, 0.717) is 10.6 Å². The van der Waals surface area contributed by atoms with Gasteiger partial charge in [-0.25, -0.2) is 13.8 Å². The molecular weight excluding hydrogens is 298 g/mol. The van der Waals surface area contributed by atoms with Crippen LogP contribution in [0.2, 0.25) is 0 Å². The molecule has 0 aliphatic rings. The molecule has 1 heterocycles. The quantitative estimate of drug-likeness (QED) is 0.476. The van der Waals surface area contributed by atoms with Gasteiger partial charge in [-0.2, -0.15) is 0 Å². The second kappa shape index (κ2) is 6.19. The zero-order valence-corrected chi connectivity index (χ0v) is 12.3. The van der Waals surface area contributed by atoms with Crippen LogP contribution in [-0.2, 0) is 0 Å². The molecule has 2 nitrogen and oxygen atoms in total. The second-order valence-electron chi connectivity index (χ2n) is 4.05. The second-order valence-corrected chi connectivity index (χ2v) is 5.76. The zero-order valence-electron chi connectivity index (χ0n) is 10.6. The summed E-state index contributed by atoms with van der Waals surface area (Å²) in [7, 11) is 0. The van der Waals surface area contributed by atoms with Crippen molar-refractivity contribution in [2.75, 3.05) is 5.73 Å². The number of thiazole rings is 1. The van der Waals surface area contributed by atoms with Gasteiger partial charge in [0.25, 0.3) is 0 Å². The summed E-state index contributed by atoms with van der Waals surface area (Å²) in [6.07, 6.45) is 0. The van der Waals surface area contributed by atoms with Crippen LogP contribution in [0.4, 0.5) is 14.5 Å². The molecule has 0 aliphatic carbocycles. The maximum absolute atomic E-state index is 12.6. The molecule has 0 atom stereocenters. The predicted octanol–water partition coefficient (Wildman–Crippen LogP) is 4.44. The number of nitrogens with zero attached hydrogens (tertiary/aromatic N) is 1. The Hall–Kier alpha value is -1.66. The van der Waals surface area contributed by atoms with Gasteiger partial charge in [0.1, 0.15) is 11.6 Å². The first-order chi connectivity index (χ1) is 9.45. The molecule has 0 amide bonds. The number of aryl methyl sites for hydroxylation is 1. The van der Waals surface area contributed by atoms with Gasteiger partial charge in [0, 0.05) is 10.6 Å². The van der Waals surface area contributed by atoms with Crippen LogP contribution in [0.3, 0.4) is 0 Å². The number of benzene rings is 2. The maximum Gasteiger partial charge on any atom is 0.124 e. The largest absolute Gasteiger partial charge is 0.398 e. The normalized spacial score (nSPS) is 10.2. The van der Waals surface area contributed by atoms with E-state index >= 15 is 0 Å². The number of thiol groups is 1. The Bertz CT molecular complexity index is 741. The molecule has 0 aliphatic heterocycles. The molecule has 0 saturated carbocycles.